The SMILES string of the molecule is N#Cc1ccc(F)cc1COc1cc(F)cc(CCl)c1. The maximum Gasteiger partial charge on any atom is 0.127 e. The van der Waals surface area contributed by atoms with Crippen molar-refractivity contribution in [3.8, 4) is 11.8 Å². The lowest BCUT2D eigenvalue weighted by molar-refractivity contribution is 0.303. The molecule has 102 valence electrons. The van der Waals surface area contributed by atoms with Gasteiger partial charge in [-0.25, -0.2) is 8.78 Å². The zero-order valence-electron chi connectivity index (χ0n) is 10.4. The number of alkyl halides is 1. The molecule has 5 heteroatoms. The summed E-state index contributed by atoms with van der Waals surface area (Å²) in [5.41, 5.74) is 1.31. The predicted molar refractivity (Wildman–Crippen MR) is 71.4 cm³/mol. The van der Waals surface area contributed by atoms with E-state index in [1.165, 1.54) is 30.3 Å². The molecule has 0 saturated carbocycles. The largest absolute Gasteiger partial charge is 0.489 e. The van der Waals surface area contributed by atoms with Crippen LogP contribution in [0, 0.1) is 23.0 Å². The number of ether oxygens (including phenoxy) is 1. The van der Waals surface area contributed by atoms with Crippen LogP contribution in [0.5, 0.6) is 5.75 Å². The molecule has 0 amide bonds. The second-order valence-electron chi connectivity index (χ2n) is 4.13. The molecule has 0 aromatic heterocycles. The number of nitriles is 1. The van der Waals surface area contributed by atoms with Crippen molar-refractivity contribution in [2.24, 2.45) is 0 Å². The van der Waals surface area contributed by atoms with Gasteiger partial charge in [0.05, 0.1) is 11.6 Å². The molecule has 0 saturated heterocycles. The van der Waals surface area contributed by atoms with Crippen molar-refractivity contribution < 1.29 is 13.5 Å². The fourth-order valence-electron chi connectivity index (χ4n) is 1.73. The summed E-state index contributed by atoms with van der Waals surface area (Å²) in [6.07, 6.45) is 0. The molecular formula is C15H10ClF2NO. The maximum atomic E-state index is 13.3. The molecule has 2 aromatic rings. The van der Waals surface area contributed by atoms with Crippen LogP contribution in [-0.4, -0.2) is 0 Å². The minimum Gasteiger partial charge on any atom is -0.489 e. The van der Waals surface area contributed by atoms with Crippen LogP contribution in [0.25, 0.3) is 0 Å². The van der Waals surface area contributed by atoms with Crippen LogP contribution in [0.3, 0.4) is 0 Å². The van der Waals surface area contributed by atoms with E-state index in [0.29, 0.717) is 16.7 Å². The quantitative estimate of drug-likeness (QED) is 0.793. The number of nitrogens with zero attached hydrogens (tertiary/aromatic N) is 1. The van der Waals surface area contributed by atoms with Gasteiger partial charge in [0.2, 0.25) is 0 Å². The minimum atomic E-state index is -0.460. The molecule has 20 heavy (non-hydrogen) atoms. The Kier molecular flexibility index (Phi) is 4.54. The third-order valence-electron chi connectivity index (χ3n) is 2.67. The normalized spacial score (nSPS) is 10.1. The Morgan fingerprint density at radius 3 is 2.60 bits per heavy atom. The molecule has 2 rings (SSSR count). The van der Waals surface area contributed by atoms with Gasteiger partial charge in [-0.1, -0.05) is 0 Å². The van der Waals surface area contributed by atoms with Gasteiger partial charge in [-0.05, 0) is 35.9 Å². The highest BCUT2D eigenvalue weighted by Crippen LogP contribution is 2.20. The molecule has 0 aliphatic heterocycles. The van der Waals surface area contributed by atoms with Crippen LogP contribution in [0.2, 0.25) is 0 Å². The average molecular weight is 294 g/mol. The molecule has 0 radical (unpaired) electrons. The summed E-state index contributed by atoms with van der Waals surface area (Å²) in [7, 11) is 0. The summed E-state index contributed by atoms with van der Waals surface area (Å²) in [6.45, 7) is -0.0220. The van der Waals surface area contributed by atoms with Crippen LogP contribution in [0.15, 0.2) is 36.4 Å². The molecule has 0 heterocycles. The van der Waals surface area contributed by atoms with Gasteiger partial charge in [-0.15, -0.1) is 11.6 Å². The molecule has 2 nitrogen and oxygen atoms in total. The first-order chi connectivity index (χ1) is 9.62. The lowest BCUT2D eigenvalue weighted by Crippen LogP contribution is -2.00. The average Bonchev–Trinajstić information content (AvgIpc) is 2.44. The summed E-state index contributed by atoms with van der Waals surface area (Å²) < 4.78 is 31.8. The second-order valence-corrected chi connectivity index (χ2v) is 4.40. The van der Waals surface area contributed by atoms with Crippen molar-refractivity contribution in [1.82, 2.24) is 0 Å². The summed E-state index contributed by atoms with van der Waals surface area (Å²) in [5, 5.41) is 8.93. The molecule has 0 N–H and O–H groups in total. The highest BCUT2D eigenvalue weighted by molar-refractivity contribution is 6.17. The molecule has 0 unspecified atom stereocenters. The van der Waals surface area contributed by atoms with E-state index < -0.39 is 11.6 Å². The smallest absolute Gasteiger partial charge is 0.127 e. The van der Waals surface area contributed by atoms with Crippen molar-refractivity contribution in [3.05, 3.63) is 64.7 Å². The standard InChI is InChI=1S/C15H10ClF2NO/c16-7-10-3-14(18)6-15(4-10)20-9-12-5-13(17)2-1-11(12)8-19/h1-6H,7,9H2. The third kappa shape index (κ3) is 3.46. The van der Waals surface area contributed by atoms with E-state index in [9.17, 15) is 8.78 Å². The highest BCUT2D eigenvalue weighted by atomic mass is 35.5. The predicted octanol–water partition coefficient (Wildman–Crippen LogP) is 4.15. The molecular weight excluding hydrogens is 284 g/mol. The maximum absolute atomic E-state index is 13.3. The van der Waals surface area contributed by atoms with Gasteiger partial charge in [0.25, 0.3) is 0 Å². The number of hydrogen-bond donors (Lipinski definition) is 0. The lowest BCUT2D eigenvalue weighted by atomic mass is 10.1. The summed E-state index contributed by atoms with van der Waals surface area (Å²) in [6, 6.07) is 9.87. The van der Waals surface area contributed by atoms with E-state index in [2.05, 4.69) is 0 Å². The molecule has 0 atom stereocenters. The fourth-order valence-corrected chi connectivity index (χ4v) is 1.89. The summed E-state index contributed by atoms with van der Waals surface area (Å²) in [4.78, 5) is 0. The van der Waals surface area contributed by atoms with E-state index in [1.807, 2.05) is 6.07 Å². The van der Waals surface area contributed by atoms with E-state index in [0.717, 1.165) is 0 Å². The van der Waals surface area contributed by atoms with Gasteiger partial charge in [0.1, 0.15) is 24.0 Å². The van der Waals surface area contributed by atoms with Crippen LogP contribution in [0.4, 0.5) is 8.78 Å². The van der Waals surface area contributed by atoms with Crippen LogP contribution in [0.1, 0.15) is 16.7 Å². The van der Waals surface area contributed by atoms with E-state index in [4.69, 9.17) is 21.6 Å². The monoisotopic (exact) mass is 293 g/mol. The Balaban J connectivity index is 2.19. The Hall–Kier alpha value is -2.12. The Morgan fingerprint density at radius 1 is 1.10 bits per heavy atom. The van der Waals surface area contributed by atoms with E-state index in [-0.39, 0.29) is 18.2 Å². The van der Waals surface area contributed by atoms with Gasteiger partial charge in [-0.2, -0.15) is 5.26 Å². The zero-order chi connectivity index (χ0) is 14.5. The van der Waals surface area contributed by atoms with E-state index >= 15 is 0 Å². The van der Waals surface area contributed by atoms with Crippen molar-refractivity contribution in [3.63, 3.8) is 0 Å². The first-order valence-electron chi connectivity index (χ1n) is 5.79. The first-order valence-corrected chi connectivity index (χ1v) is 6.32. The Morgan fingerprint density at radius 2 is 1.90 bits per heavy atom. The zero-order valence-corrected chi connectivity index (χ0v) is 11.1. The number of rotatable bonds is 4. The van der Waals surface area contributed by atoms with Crippen molar-refractivity contribution >= 4 is 11.6 Å². The number of benzene rings is 2. The molecule has 0 aliphatic rings. The fraction of sp³-hybridized carbons (Fsp3) is 0.133. The van der Waals surface area contributed by atoms with Gasteiger partial charge in [0, 0.05) is 17.5 Å². The van der Waals surface area contributed by atoms with Crippen LogP contribution in [-0.2, 0) is 12.5 Å². The molecule has 0 fully saturated rings. The third-order valence-corrected chi connectivity index (χ3v) is 2.98. The summed E-state index contributed by atoms with van der Waals surface area (Å²) >= 11 is 5.64. The van der Waals surface area contributed by atoms with Crippen molar-refractivity contribution in [1.29, 1.82) is 5.26 Å². The van der Waals surface area contributed by atoms with Crippen LogP contribution < -0.4 is 4.74 Å². The van der Waals surface area contributed by atoms with Crippen LogP contribution >= 0.6 is 11.6 Å². The highest BCUT2D eigenvalue weighted by Gasteiger charge is 2.06. The summed E-state index contributed by atoms with van der Waals surface area (Å²) in [5.74, 6) is -0.465. The van der Waals surface area contributed by atoms with Crippen molar-refractivity contribution in [2.75, 3.05) is 0 Å². The Labute approximate surface area is 120 Å². The van der Waals surface area contributed by atoms with Crippen molar-refractivity contribution in [2.45, 2.75) is 12.5 Å². The number of halogens is 3. The molecule has 0 spiro atoms. The van der Waals surface area contributed by atoms with E-state index in [1.54, 1.807) is 6.07 Å². The minimum absolute atomic E-state index is 0.0220. The van der Waals surface area contributed by atoms with Gasteiger partial charge in [0.15, 0.2) is 0 Å². The topological polar surface area (TPSA) is 33.0 Å². The lowest BCUT2D eigenvalue weighted by Gasteiger charge is -2.09. The molecule has 2 aromatic carbocycles. The van der Waals surface area contributed by atoms with Gasteiger partial charge < -0.3 is 4.74 Å². The second kappa shape index (κ2) is 6.36. The van der Waals surface area contributed by atoms with Gasteiger partial charge >= 0.3 is 0 Å². The first kappa shape index (κ1) is 14.3. The Bertz CT molecular complexity index is 667. The van der Waals surface area contributed by atoms with Gasteiger partial charge in [-0.3, -0.25) is 0 Å². The molecule has 0 aliphatic carbocycles. The molecule has 0 bridgehead atoms. The number of hydrogen-bond acceptors (Lipinski definition) is 2.